The van der Waals surface area contributed by atoms with Gasteiger partial charge in [-0.3, -0.25) is 4.98 Å². The van der Waals surface area contributed by atoms with Crippen LogP contribution in [-0.2, 0) is 0 Å². The van der Waals surface area contributed by atoms with Gasteiger partial charge in [0.05, 0.1) is 12.1 Å². The summed E-state index contributed by atoms with van der Waals surface area (Å²) in [6, 6.07) is 9.04. The lowest BCUT2D eigenvalue weighted by Gasteiger charge is -2.17. The number of rotatable bonds is 3. The fourth-order valence-electron chi connectivity index (χ4n) is 1.67. The van der Waals surface area contributed by atoms with Gasteiger partial charge >= 0.3 is 0 Å². The van der Waals surface area contributed by atoms with E-state index in [4.69, 9.17) is 5.11 Å². The molecule has 0 radical (unpaired) electrons. The van der Waals surface area contributed by atoms with Crippen molar-refractivity contribution >= 4 is 10.9 Å². The van der Waals surface area contributed by atoms with E-state index in [0.29, 0.717) is 11.1 Å². The highest BCUT2D eigenvalue weighted by Crippen LogP contribution is 2.24. The van der Waals surface area contributed by atoms with Crippen molar-refractivity contribution in [2.45, 2.75) is 12.2 Å². The summed E-state index contributed by atoms with van der Waals surface area (Å²) >= 11 is 0. The molecule has 1 heterocycles. The maximum Gasteiger partial charge on any atom is 0.109 e. The minimum atomic E-state index is -1.19. The Morgan fingerprint density at radius 2 is 1.88 bits per heavy atom. The second-order valence-electron chi connectivity index (χ2n) is 3.62. The number of fused-ring (bicyclic) bond motifs is 1. The maximum atomic E-state index is 9.84. The molecule has 4 heteroatoms. The molecule has 0 saturated heterocycles. The zero-order chi connectivity index (χ0) is 11.5. The van der Waals surface area contributed by atoms with Crippen molar-refractivity contribution in [1.29, 1.82) is 0 Å². The van der Waals surface area contributed by atoms with Crippen LogP contribution in [0.3, 0.4) is 0 Å². The van der Waals surface area contributed by atoms with Gasteiger partial charge < -0.3 is 15.3 Å². The first-order valence-electron chi connectivity index (χ1n) is 5.04. The van der Waals surface area contributed by atoms with Crippen LogP contribution in [0.1, 0.15) is 11.7 Å². The van der Waals surface area contributed by atoms with Crippen molar-refractivity contribution in [2.75, 3.05) is 6.61 Å². The molecule has 0 amide bonds. The third-order valence-electron chi connectivity index (χ3n) is 2.53. The van der Waals surface area contributed by atoms with Gasteiger partial charge in [-0.2, -0.15) is 0 Å². The van der Waals surface area contributed by atoms with Crippen molar-refractivity contribution in [3.8, 4) is 0 Å². The average molecular weight is 219 g/mol. The molecule has 2 unspecified atom stereocenters. The first kappa shape index (κ1) is 11.0. The SMILES string of the molecule is OCC(O)C(O)c1cccc2cccnc12. The lowest BCUT2D eigenvalue weighted by Crippen LogP contribution is -2.22. The summed E-state index contributed by atoms with van der Waals surface area (Å²) in [7, 11) is 0. The van der Waals surface area contributed by atoms with Crippen molar-refractivity contribution < 1.29 is 15.3 Å². The van der Waals surface area contributed by atoms with Crippen LogP contribution in [0.2, 0.25) is 0 Å². The van der Waals surface area contributed by atoms with E-state index in [1.165, 1.54) is 0 Å². The lowest BCUT2D eigenvalue weighted by molar-refractivity contribution is -0.0146. The van der Waals surface area contributed by atoms with E-state index < -0.39 is 18.8 Å². The normalized spacial score (nSPS) is 14.9. The van der Waals surface area contributed by atoms with Crippen molar-refractivity contribution in [1.82, 2.24) is 4.98 Å². The summed E-state index contributed by atoms with van der Waals surface area (Å²) in [4.78, 5) is 4.17. The highest BCUT2D eigenvalue weighted by molar-refractivity contribution is 5.81. The second kappa shape index (κ2) is 4.57. The lowest BCUT2D eigenvalue weighted by atomic mass is 10.0. The molecule has 0 aliphatic carbocycles. The quantitative estimate of drug-likeness (QED) is 0.707. The number of nitrogens with zero attached hydrogens (tertiary/aromatic N) is 1. The Labute approximate surface area is 92.8 Å². The Hall–Kier alpha value is -1.49. The van der Waals surface area contributed by atoms with Crippen LogP contribution in [0.4, 0.5) is 0 Å². The summed E-state index contributed by atoms with van der Waals surface area (Å²) in [6.07, 6.45) is -0.680. The molecule has 2 atom stereocenters. The van der Waals surface area contributed by atoms with Gasteiger partial charge in [-0.15, -0.1) is 0 Å². The summed E-state index contributed by atoms with van der Waals surface area (Å²) < 4.78 is 0. The Morgan fingerprint density at radius 1 is 1.12 bits per heavy atom. The third-order valence-corrected chi connectivity index (χ3v) is 2.53. The number of hydrogen-bond donors (Lipinski definition) is 3. The molecule has 0 bridgehead atoms. The molecule has 16 heavy (non-hydrogen) atoms. The van der Waals surface area contributed by atoms with Crippen LogP contribution in [0.15, 0.2) is 36.5 Å². The number of aliphatic hydroxyl groups excluding tert-OH is 3. The summed E-state index contributed by atoms with van der Waals surface area (Å²) in [5.74, 6) is 0. The molecule has 0 saturated carbocycles. The van der Waals surface area contributed by atoms with E-state index in [1.54, 1.807) is 24.4 Å². The Kier molecular flexibility index (Phi) is 3.14. The number of para-hydroxylation sites is 1. The zero-order valence-electron chi connectivity index (χ0n) is 8.61. The van der Waals surface area contributed by atoms with Crippen molar-refractivity contribution in [3.05, 3.63) is 42.1 Å². The van der Waals surface area contributed by atoms with Gasteiger partial charge in [-0.1, -0.05) is 24.3 Å². The van der Waals surface area contributed by atoms with Crippen LogP contribution in [0.5, 0.6) is 0 Å². The van der Waals surface area contributed by atoms with Crippen LogP contribution >= 0.6 is 0 Å². The van der Waals surface area contributed by atoms with Gasteiger partial charge in [-0.25, -0.2) is 0 Å². The maximum absolute atomic E-state index is 9.84. The molecule has 2 rings (SSSR count). The molecule has 0 fully saturated rings. The Bertz CT molecular complexity index is 481. The standard InChI is InChI=1S/C12H13NO3/c14-7-10(15)12(16)9-5-1-3-8-4-2-6-13-11(8)9/h1-6,10,12,14-16H,7H2. The first-order valence-corrected chi connectivity index (χ1v) is 5.04. The summed E-state index contributed by atoms with van der Waals surface area (Å²) in [5.41, 5.74) is 1.17. The molecule has 3 N–H and O–H groups in total. The summed E-state index contributed by atoms with van der Waals surface area (Å²) in [5, 5.41) is 28.9. The number of pyridine rings is 1. The fourth-order valence-corrected chi connectivity index (χ4v) is 1.67. The minimum absolute atomic E-state index is 0.482. The van der Waals surface area contributed by atoms with Gasteiger partial charge in [-0.05, 0) is 6.07 Å². The molecule has 0 spiro atoms. The number of aromatic nitrogens is 1. The molecule has 1 aromatic carbocycles. The van der Waals surface area contributed by atoms with Crippen LogP contribution in [0.25, 0.3) is 10.9 Å². The van der Waals surface area contributed by atoms with E-state index in [-0.39, 0.29) is 0 Å². The van der Waals surface area contributed by atoms with Gasteiger partial charge in [0, 0.05) is 17.1 Å². The van der Waals surface area contributed by atoms with Crippen molar-refractivity contribution in [2.24, 2.45) is 0 Å². The Morgan fingerprint density at radius 3 is 2.62 bits per heavy atom. The molecule has 0 aliphatic rings. The number of aliphatic hydroxyl groups is 3. The summed E-state index contributed by atoms with van der Waals surface area (Å²) in [6.45, 7) is -0.482. The fraction of sp³-hybridized carbons (Fsp3) is 0.250. The largest absolute Gasteiger partial charge is 0.394 e. The predicted molar refractivity (Wildman–Crippen MR) is 59.8 cm³/mol. The average Bonchev–Trinajstić information content (AvgIpc) is 2.36. The first-order chi connectivity index (χ1) is 7.74. The highest BCUT2D eigenvalue weighted by Gasteiger charge is 2.19. The number of benzene rings is 1. The minimum Gasteiger partial charge on any atom is -0.394 e. The smallest absolute Gasteiger partial charge is 0.109 e. The molecule has 84 valence electrons. The van der Waals surface area contributed by atoms with Crippen molar-refractivity contribution in [3.63, 3.8) is 0 Å². The van der Waals surface area contributed by atoms with Gasteiger partial charge in [0.2, 0.25) is 0 Å². The van der Waals surface area contributed by atoms with Gasteiger partial charge in [0.1, 0.15) is 12.2 Å². The van der Waals surface area contributed by atoms with E-state index in [9.17, 15) is 10.2 Å². The molecule has 0 aliphatic heterocycles. The van der Waals surface area contributed by atoms with E-state index in [1.807, 2.05) is 12.1 Å². The van der Waals surface area contributed by atoms with E-state index in [0.717, 1.165) is 5.39 Å². The van der Waals surface area contributed by atoms with E-state index in [2.05, 4.69) is 4.98 Å². The molecule has 2 aromatic rings. The number of hydrogen-bond acceptors (Lipinski definition) is 4. The second-order valence-corrected chi connectivity index (χ2v) is 3.62. The molecule has 4 nitrogen and oxygen atoms in total. The predicted octanol–water partition coefficient (Wildman–Crippen LogP) is 0.621. The molecular weight excluding hydrogens is 206 g/mol. The van der Waals surface area contributed by atoms with Gasteiger partial charge in [0.25, 0.3) is 0 Å². The van der Waals surface area contributed by atoms with Gasteiger partial charge in [0.15, 0.2) is 0 Å². The zero-order valence-corrected chi connectivity index (χ0v) is 8.61. The molecular formula is C12H13NO3. The van der Waals surface area contributed by atoms with E-state index >= 15 is 0 Å². The topological polar surface area (TPSA) is 73.6 Å². The highest BCUT2D eigenvalue weighted by atomic mass is 16.4. The van der Waals surface area contributed by atoms with Crippen LogP contribution in [-0.4, -0.2) is 33.0 Å². The molecule has 1 aromatic heterocycles. The van der Waals surface area contributed by atoms with Crippen LogP contribution in [0, 0.1) is 0 Å². The monoisotopic (exact) mass is 219 g/mol. The third kappa shape index (κ3) is 1.90. The van der Waals surface area contributed by atoms with Crippen LogP contribution < -0.4 is 0 Å². The Balaban J connectivity index is 2.52.